The first kappa shape index (κ1) is 21.9. The molecular formula is C21H28ClN3O3S. The van der Waals surface area contributed by atoms with Crippen LogP contribution in [0.4, 0.5) is 5.69 Å². The first-order valence-electron chi connectivity index (χ1n) is 9.68. The lowest BCUT2D eigenvalue weighted by Crippen LogP contribution is -2.48. The van der Waals surface area contributed by atoms with Crippen LogP contribution < -0.4 is 14.4 Å². The average Bonchev–Trinajstić information content (AvgIpc) is 2.69. The highest BCUT2D eigenvalue weighted by Crippen LogP contribution is 2.26. The number of benzene rings is 2. The summed E-state index contributed by atoms with van der Waals surface area (Å²) in [6.07, 6.45) is 0. The molecule has 1 heterocycles. The predicted molar refractivity (Wildman–Crippen MR) is 118 cm³/mol. The van der Waals surface area contributed by atoms with Crippen LogP contribution in [0, 0.1) is 13.8 Å². The number of hydrogen-bond acceptors (Lipinski definition) is 5. The van der Waals surface area contributed by atoms with Gasteiger partial charge in [0.05, 0.1) is 12.0 Å². The van der Waals surface area contributed by atoms with Crippen LogP contribution in [0.15, 0.2) is 41.3 Å². The van der Waals surface area contributed by atoms with E-state index in [-0.39, 0.29) is 4.90 Å². The Morgan fingerprint density at radius 2 is 1.62 bits per heavy atom. The Hall–Kier alpha value is -1.80. The van der Waals surface area contributed by atoms with Crippen molar-refractivity contribution in [1.82, 2.24) is 9.62 Å². The number of anilines is 1. The quantitative estimate of drug-likeness (QED) is 0.721. The zero-order valence-electron chi connectivity index (χ0n) is 17.1. The lowest BCUT2D eigenvalue weighted by Gasteiger charge is -2.36. The summed E-state index contributed by atoms with van der Waals surface area (Å²) in [7, 11) is -1.95. The minimum Gasteiger partial charge on any atom is -0.496 e. The average molecular weight is 438 g/mol. The number of methoxy groups -OCH3 is 1. The van der Waals surface area contributed by atoms with Crippen LogP contribution >= 0.6 is 11.6 Å². The largest absolute Gasteiger partial charge is 0.496 e. The van der Waals surface area contributed by atoms with Crippen LogP contribution in [0.25, 0.3) is 0 Å². The normalized spacial score (nSPS) is 15.5. The smallest absolute Gasteiger partial charge is 0.240 e. The van der Waals surface area contributed by atoms with Crippen LogP contribution in [0.5, 0.6) is 5.75 Å². The van der Waals surface area contributed by atoms with Gasteiger partial charge in [0.25, 0.3) is 0 Å². The number of sulfonamides is 1. The number of nitrogens with one attached hydrogen (secondary N) is 1. The van der Waals surface area contributed by atoms with Crippen LogP contribution in [-0.4, -0.2) is 59.7 Å². The van der Waals surface area contributed by atoms with Gasteiger partial charge in [0.15, 0.2) is 0 Å². The summed E-state index contributed by atoms with van der Waals surface area (Å²) in [6, 6.07) is 11.2. The summed E-state index contributed by atoms with van der Waals surface area (Å²) in [5.74, 6) is 0.725. The van der Waals surface area contributed by atoms with Gasteiger partial charge in [-0.1, -0.05) is 11.6 Å². The number of aryl methyl sites for hydroxylation is 2. The van der Waals surface area contributed by atoms with Crippen molar-refractivity contribution in [3.63, 3.8) is 0 Å². The molecule has 0 spiro atoms. The van der Waals surface area contributed by atoms with Crippen molar-refractivity contribution in [3.8, 4) is 5.75 Å². The molecule has 0 radical (unpaired) electrons. The van der Waals surface area contributed by atoms with E-state index in [4.69, 9.17) is 16.3 Å². The van der Waals surface area contributed by atoms with E-state index in [0.717, 1.165) is 48.1 Å². The highest BCUT2D eigenvalue weighted by atomic mass is 35.5. The third kappa shape index (κ3) is 5.42. The van der Waals surface area contributed by atoms with Gasteiger partial charge in [-0.2, -0.15) is 0 Å². The Morgan fingerprint density at radius 3 is 2.17 bits per heavy atom. The van der Waals surface area contributed by atoms with E-state index in [0.29, 0.717) is 13.1 Å². The zero-order valence-corrected chi connectivity index (χ0v) is 18.7. The van der Waals surface area contributed by atoms with Crippen LogP contribution in [0.3, 0.4) is 0 Å². The van der Waals surface area contributed by atoms with E-state index >= 15 is 0 Å². The summed E-state index contributed by atoms with van der Waals surface area (Å²) in [6.45, 7) is 8.37. The lowest BCUT2D eigenvalue weighted by molar-refractivity contribution is 0.262. The molecule has 1 aliphatic rings. The van der Waals surface area contributed by atoms with Crippen molar-refractivity contribution in [1.29, 1.82) is 0 Å². The Morgan fingerprint density at radius 1 is 1.03 bits per heavy atom. The van der Waals surface area contributed by atoms with Crippen LogP contribution in [-0.2, 0) is 10.0 Å². The maximum absolute atomic E-state index is 12.7. The molecule has 0 atom stereocenters. The summed E-state index contributed by atoms with van der Waals surface area (Å²) in [5, 5.41) is 0.738. The van der Waals surface area contributed by atoms with E-state index in [2.05, 4.69) is 14.5 Å². The molecule has 0 bridgehead atoms. The fourth-order valence-corrected chi connectivity index (χ4v) is 5.01. The van der Waals surface area contributed by atoms with Crippen molar-refractivity contribution < 1.29 is 13.2 Å². The molecule has 29 heavy (non-hydrogen) atoms. The molecule has 2 aromatic carbocycles. The van der Waals surface area contributed by atoms with Gasteiger partial charge in [0.1, 0.15) is 5.75 Å². The molecule has 0 amide bonds. The van der Waals surface area contributed by atoms with Crippen LogP contribution in [0.1, 0.15) is 11.1 Å². The summed E-state index contributed by atoms with van der Waals surface area (Å²) >= 11 is 5.96. The second-order valence-corrected chi connectivity index (χ2v) is 9.50. The molecular weight excluding hydrogens is 410 g/mol. The molecule has 8 heteroatoms. The second-order valence-electron chi connectivity index (χ2n) is 7.29. The molecule has 2 aromatic rings. The van der Waals surface area contributed by atoms with Gasteiger partial charge in [-0.15, -0.1) is 0 Å². The Kier molecular flexibility index (Phi) is 7.05. The molecule has 158 valence electrons. The fraction of sp³-hybridized carbons (Fsp3) is 0.429. The summed E-state index contributed by atoms with van der Waals surface area (Å²) < 4.78 is 33.3. The number of piperazine rings is 1. The standard InChI is InChI=1S/C21H28ClN3O3S/c1-16-14-20(15-17(2)21(16)28-3)29(26,27)23-8-9-24-10-12-25(13-11-24)19-6-4-18(22)5-7-19/h4-7,14-15,23H,8-13H2,1-3H3. The molecule has 0 aliphatic carbocycles. The summed E-state index contributed by atoms with van der Waals surface area (Å²) in [5.41, 5.74) is 2.79. The lowest BCUT2D eigenvalue weighted by atomic mass is 10.1. The SMILES string of the molecule is COc1c(C)cc(S(=O)(=O)NCCN2CCN(c3ccc(Cl)cc3)CC2)cc1C. The van der Waals surface area contributed by atoms with Gasteiger partial charge in [0.2, 0.25) is 10.0 Å². The molecule has 1 aliphatic heterocycles. The monoisotopic (exact) mass is 437 g/mol. The molecule has 0 saturated carbocycles. The van der Waals surface area contributed by atoms with Crippen molar-refractivity contribution in [2.75, 3.05) is 51.3 Å². The first-order valence-corrected chi connectivity index (χ1v) is 11.5. The Labute approximate surface area is 178 Å². The molecule has 1 saturated heterocycles. The highest BCUT2D eigenvalue weighted by Gasteiger charge is 2.20. The van der Waals surface area contributed by atoms with Gasteiger partial charge in [-0.25, -0.2) is 13.1 Å². The van der Waals surface area contributed by atoms with Crippen molar-refractivity contribution in [3.05, 3.63) is 52.5 Å². The number of hydrogen-bond donors (Lipinski definition) is 1. The first-order chi connectivity index (χ1) is 13.8. The zero-order chi connectivity index (χ0) is 21.0. The highest BCUT2D eigenvalue weighted by molar-refractivity contribution is 7.89. The van der Waals surface area contributed by atoms with E-state index in [1.54, 1.807) is 19.2 Å². The maximum atomic E-state index is 12.7. The van der Waals surface area contributed by atoms with Crippen molar-refractivity contribution in [2.45, 2.75) is 18.7 Å². The molecule has 0 aromatic heterocycles. The van der Waals surface area contributed by atoms with E-state index in [9.17, 15) is 8.42 Å². The topological polar surface area (TPSA) is 61.9 Å². The molecule has 6 nitrogen and oxygen atoms in total. The minimum absolute atomic E-state index is 0.279. The van der Waals surface area contributed by atoms with Gasteiger partial charge >= 0.3 is 0 Å². The van der Waals surface area contributed by atoms with Gasteiger partial charge in [-0.05, 0) is 61.4 Å². The predicted octanol–water partition coefficient (Wildman–Crippen LogP) is 3.07. The van der Waals surface area contributed by atoms with E-state index in [1.807, 2.05) is 38.1 Å². The van der Waals surface area contributed by atoms with Crippen molar-refractivity contribution >= 4 is 27.3 Å². The minimum atomic E-state index is -3.54. The molecule has 1 fully saturated rings. The second kappa shape index (κ2) is 9.34. The number of ether oxygens (including phenoxy) is 1. The van der Waals surface area contributed by atoms with E-state index < -0.39 is 10.0 Å². The molecule has 3 rings (SSSR count). The van der Waals surface area contributed by atoms with E-state index in [1.165, 1.54) is 5.69 Å². The summed E-state index contributed by atoms with van der Waals surface area (Å²) in [4.78, 5) is 4.88. The third-order valence-corrected chi connectivity index (χ3v) is 6.92. The Balaban J connectivity index is 1.51. The fourth-order valence-electron chi connectivity index (χ4n) is 3.69. The number of rotatable bonds is 7. The van der Waals surface area contributed by atoms with Gasteiger partial charge in [0, 0.05) is 50.0 Å². The maximum Gasteiger partial charge on any atom is 0.240 e. The number of nitrogens with zero attached hydrogens (tertiary/aromatic N) is 2. The van der Waals surface area contributed by atoms with Crippen molar-refractivity contribution in [2.24, 2.45) is 0 Å². The third-order valence-electron chi connectivity index (χ3n) is 5.23. The van der Waals surface area contributed by atoms with Gasteiger partial charge < -0.3 is 9.64 Å². The van der Waals surface area contributed by atoms with Gasteiger partial charge in [-0.3, -0.25) is 4.90 Å². The molecule has 1 N–H and O–H groups in total. The van der Waals surface area contributed by atoms with Crippen LogP contribution in [0.2, 0.25) is 5.02 Å². The number of halogens is 1. The Bertz CT molecular complexity index is 917. The molecule has 0 unspecified atom stereocenters.